The molecular formula is C27H27FN2O4. The van der Waals surface area contributed by atoms with Crippen molar-refractivity contribution >= 4 is 33.7 Å². The van der Waals surface area contributed by atoms with Crippen LogP contribution in [0.2, 0.25) is 0 Å². The number of carbonyl (C=O) groups excluding carboxylic acids is 2. The van der Waals surface area contributed by atoms with E-state index in [2.05, 4.69) is 4.98 Å². The van der Waals surface area contributed by atoms with Crippen LogP contribution in [0.15, 0.2) is 60.7 Å². The number of rotatable bonds is 7. The van der Waals surface area contributed by atoms with Crippen LogP contribution in [0.4, 0.5) is 9.18 Å². The van der Waals surface area contributed by atoms with Crippen molar-refractivity contribution in [2.24, 2.45) is 0 Å². The van der Waals surface area contributed by atoms with Crippen LogP contribution in [0.3, 0.4) is 0 Å². The molecule has 4 aromatic rings. The number of hydrogen-bond acceptors (Lipinski definition) is 4. The Morgan fingerprint density at radius 3 is 2.53 bits per heavy atom. The number of carbonyl (C=O) groups is 2. The van der Waals surface area contributed by atoms with Crippen LogP contribution in [-0.2, 0) is 16.0 Å². The highest BCUT2D eigenvalue weighted by molar-refractivity contribution is 5.99. The van der Waals surface area contributed by atoms with Crippen molar-refractivity contribution in [3.8, 4) is 0 Å². The zero-order valence-electron chi connectivity index (χ0n) is 19.4. The minimum atomic E-state index is -1.37. The van der Waals surface area contributed by atoms with Crippen molar-refractivity contribution in [2.75, 3.05) is 20.3 Å². The smallest absolute Gasteiger partial charge is 0.409 e. The van der Waals surface area contributed by atoms with Gasteiger partial charge in [0.05, 0.1) is 20.3 Å². The Bertz CT molecular complexity index is 1340. The van der Waals surface area contributed by atoms with Gasteiger partial charge in [0, 0.05) is 23.0 Å². The van der Waals surface area contributed by atoms with Crippen LogP contribution in [0.25, 0.3) is 21.7 Å². The van der Waals surface area contributed by atoms with Gasteiger partial charge in [-0.2, -0.15) is 0 Å². The number of benzene rings is 3. The zero-order valence-corrected chi connectivity index (χ0v) is 19.4. The number of fused-ring (bicyclic) bond motifs is 2. The Hall–Kier alpha value is -3.87. The number of hydrogen-bond donors (Lipinski definition) is 1. The fourth-order valence-electron chi connectivity index (χ4n) is 4.24. The molecule has 34 heavy (non-hydrogen) atoms. The standard InChI is InChI=1S/C27H27FN2O4/c1-4-30(27(32)33-3)16-22-21-15-18(13-14-23(21)29-25(22)26(31)34-5-2)24(28)20-12-8-10-17-9-6-7-11-19(17)20/h6-15,24,29H,4-5,16H2,1-3H3. The van der Waals surface area contributed by atoms with E-state index in [9.17, 15) is 9.59 Å². The van der Waals surface area contributed by atoms with Gasteiger partial charge >= 0.3 is 12.1 Å². The van der Waals surface area contributed by atoms with E-state index in [4.69, 9.17) is 9.47 Å². The van der Waals surface area contributed by atoms with Crippen molar-refractivity contribution < 1.29 is 23.5 Å². The lowest BCUT2D eigenvalue weighted by atomic mass is 9.95. The molecule has 0 fully saturated rings. The number of amides is 1. The highest BCUT2D eigenvalue weighted by Gasteiger charge is 2.24. The molecule has 0 bridgehead atoms. The van der Waals surface area contributed by atoms with Crippen LogP contribution in [0.1, 0.15) is 47.2 Å². The summed E-state index contributed by atoms with van der Waals surface area (Å²) in [5.74, 6) is -0.526. The first-order chi connectivity index (χ1) is 16.5. The number of H-pyrrole nitrogens is 1. The quantitative estimate of drug-likeness (QED) is 0.335. The maximum Gasteiger partial charge on any atom is 0.409 e. The zero-order chi connectivity index (χ0) is 24.2. The summed E-state index contributed by atoms with van der Waals surface area (Å²) in [5, 5.41) is 2.47. The number of ether oxygens (including phenoxy) is 2. The van der Waals surface area contributed by atoms with Gasteiger partial charge in [0.1, 0.15) is 5.69 Å². The largest absolute Gasteiger partial charge is 0.461 e. The Balaban J connectivity index is 1.83. The first-order valence-corrected chi connectivity index (χ1v) is 11.2. The highest BCUT2D eigenvalue weighted by atomic mass is 19.1. The molecule has 0 aliphatic heterocycles. The fraction of sp³-hybridized carbons (Fsp3) is 0.259. The van der Waals surface area contributed by atoms with Crippen molar-refractivity contribution in [2.45, 2.75) is 26.6 Å². The summed E-state index contributed by atoms with van der Waals surface area (Å²) in [5.41, 5.74) is 2.50. The molecule has 0 aliphatic rings. The van der Waals surface area contributed by atoms with Crippen molar-refractivity contribution in [3.05, 3.63) is 83.0 Å². The second-order valence-corrected chi connectivity index (χ2v) is 7.92. The molecule has 1 N–H and O–H groups in total. The molecule has 0 radical (unpaired) electrons. The number of nitrogens with one attached hydrogen (secondary N) is 1. The highest BCUT2D eigenvalue weighted by Crippen LogP contribution is 2.35. The molecule has 1 aromatic heterocycles. The van der Waals surface area contributed by atoms with Gasteiger partial charge < -0.3 is 19.4 Å². The third-order valence-corrected chi connectivity index (χ3v) is 5.96. The maximum atomic E-state index is 15.9. The molecule has 4 rings (SSSR count). The van der Waals surface area contributed by atoms with Gasteiger partial charge in [-0.3, -0.25) is 0 Å². The van der Waals surface area contributed by atoms with E-state index in [0.29, 0.717) is 34.1 Å². The number of methoxy groups -OCH3 is 1. The third-order valence-electron chi connectivity index (χ3n) is 5.96. The molecule has 1 unspecified atom stereocenters. The van der Waals surface area contributed by atoms with Gasteiger partial charge in [0.15, 0.2) is 6.17 Å². The van der Waals surface area contributed by atoms with Gasteiger partial charge in [-0.15, -0.1) is 0 Å². The second kappa shape index (κ2) is 9.95. The molecule has 0 aliphatic carbocycles. The molecule has 6 nitrogen and oxygen atoms in total. The molecule has 7 heteroatoms. The van der Waals surface area contributed by atoms with Crippen molar-refractivity contribution in [3.63, 3.8) is 0 Å². The third kappa shape index (κ3) is 4.33. The van der Waals surface area contributed by atoms with Crippen molar-refractivity contribution in [1.82, 2.24) is 9.88 Å². The predicted molar refractivity (Wildman–Crippen MR) is 130 cm³/mol. The lowest BCUT2D eigenvalue weighted by Gasteiger charge is -2.19. The average molecular weight is 463 g/mol. The van der Waals surface area contributed by atoms with E-state index in [1.807, 2.05) is 43.3 Å². The number of nitrogens with zero attached hydrogens (tertiary/aromatic N) is 1. The minimum absolute atomic E-state index is 0.117. The molecular weight excluding hydrogens is 435 g/mol. The lowest BCUT2D eigenvalue weighted by molar-refractivity contribution is 0.0517. The molecule has 1 atom stereocenters. The summed E-state index contributed by atoms with van der Waals surface area (Å²) in [7, 11) is 1.31. The monoisotopic (exact) mass is 462 g/mol. The molecule has 176 valence electrons. The molecule has 0 saturated heterocycles. The van der Waals surface area contributed by atoms with Gasteiger partial charge in [-0.05, 0) is 47.9 Å². The Kier molecular flexibility index (Phi) is 6.82. The molecule has 1 amide bonds. The van der Waals surface area contributed by atoms with Gasteiger partial charge in [-0.25, -0.2) is 14.0 Å². The molecule has 0 spiro atoms. The number of aromatic amines is 1. The summed E-state index contributed by atoms with van der Waals surface area (Å²) in [6, 6.07) is 18.5. The number of esters is 1. The van der Waals surface area contributed by atoms with E-state index < -0.39 is 18.2 Å². The number of halogens is 1. The van der Waals surface area contributed by atoms with Gasteiger partial charge in [0.25, 0.3) is 0 Å². The Morgan fingerprint density at radius 1 is 1.03 bits per heavy atom. The van der Waals surface area contributed by atoms with E-state index in [1.165, 1.54) is 12.0 Å². The normalized spacial score (nSPS) is 12.0. The summed E-state index contributed by atoms with van der Waals surface area (Å²) in [6.07, 6.45) is -1.88. The van der Waals surface area contributed by atoms with Crippen LogP contribution < -0.4 is 0 Å². The lowest BCUT2D eigenvalue weighted by Crippen LogP contribution is -2.30. The van der Waals surface area contributed by atoms with Crippen molar-refractivity contribution in [1.29, 1.82) is 0 Å². The molecule has 0 saturated carbocycles. The minimum Gasteiger partial charge on any atom is -0.461 e. The number of alkyl halides is 1. The van der Waals surface area contributed by atoms with Gasteiger partial charge in [0.2, 0.25) is 0 Å². The summed E-state index contributed by atoms with van der Waals surface area (Å²) < 4.78 is 26.0. The second-order valence-electron chi connectivity index (χ2n) is 7.92. The topological polar surface area (TPSA) is 71.6 Å². The fourth-order valence-corrected chi connectivity index (χ4v) is 4.24. The Morgan fingerprint density at radius 2 is 1.79 bits per heavy atom. The van der Waals surface area contributed by atoms with Crippen LogP contribution in [-0.4, -0.2) is 42.2 Å². The van der Waals surface area contributed by atoms with E-state index in [1.54, 1.807) is 31.2 Å². The summed E-state index contributed by atoms with van der Waals surface area (Å²) >= 11 is 0. The first kappa shape index (κ1) is 23.3. The van der Waals surface area contributed by atoms with E-state index >= 15 is 4.39 Å². The average Bonchev–Trinajstić information content (AvgIpc) is 3.23. The first-order valence-electron chi connectivity index (χ1n) is 11.2. The Labute approximate surface area is 197 Å². The molecule has 3 aromatic carbocycles. The van der Waals surface area contributed by atoms with Crippen LogP contribution in [0.5, 0.6) is 0 Å². The summed E-state index contributed by atoms with van der Waals surface area (Å²) in [6.45, 7) is 4.25. The summed E-state index contributed by atoms with van der Waals surface area (Å²) in [4.78, 5) is 29.4. The van der Waals surface area contributed by atoms with E-state index in [-0.39, 0.29) is 18.8 Å². The number of aromatic nitrogens is 1. The van der Waals surface area contributed by atoms with E-state index in [0.717, 1.165) is 10.8 Å². The van der Waals surface area contributed by atoms with Crippen LogP contribution >= 0.6 is 0 Å². The SMILES string of the molecule is CCOC(=O)c1[nH]c2ccc(C(F)c3cccc4ccccc34)cc2c1CN(CC)C(=O)OC. The van der Waals surface area contributed by atoms with Gasteiger partial charge in [-0.1, -0.05) is 48.5 Å². The maximum absolute atomic E-state index is 15.9. The predicted octanol–water partition coefficient (Wildman–Crippen LogP) is 6.15. The van der Waals surface area contributed by atoms with Crippen LogP contribution in [0, 0.1) is 0 Å². The molecule has 1 heterocycles.